The lowest BCUT2D eigenvalue weighted by molar-refractivity contribution is 0.102. The van der Waals surface area contributed by atoms with Crippen molar-refractivity contribution in [2.45, 2.75) is 25.9 Å². The zero-order chi connectivity index (χ0) is 26.6. The van der Waals surface area contributed by atoms with Crippen molar-refractivity contribution in [2.75, 3.05) is 12.4 Å². The Balaban J connectivity index is 1.55. The molecule has 0 saturated heterocycles. The molecule has 190 valence electrons. The molecule has 1 amide bonds. The summed E-state index contributed by atoms with van der Waals surface area (Å²) in [4.78, 5) is 24.8. The minimum atomic E-state index is -2.83. The van der Waals surface area contributed by atoms with E-state index in [0.29, 0.717) is 22.2 Å². The molecular weight excluding hydrogens is 514 g/mol. The van der Waals surface area contributed by atoms with Crippen LogP contribution in [-0.4, -0.2) is 43.0 Å². The molecule has 4 heterocycles. The van der Waals surface area contributed by atoms with Crippen LogP contribution in [0, 0.1) is 24.3 Å². The summed E-state index contributed by atoms with van der Waals surface area (Å²) in [6.07, 6.45) is 4.99. The van der Waals surface area contributed by atoms with Crippen molar-refractivity contribution in [3.8, 4) is 40.0 Å². The van der Waals surface area contributed by atoms with Crippen LogP contribution in [0.1, 0.15) is 40.3 Å². The summed E-state index contributed by atoms with van der Waals surface area (Å²) in [7, 11) is 1.38. The van der Waals surface area contributed by atoms with E-state index in [1.165, 1.54) is 36.4 Å². The molecule has 4 aromatic heterocycles. The lowest BCUT2D eigenvalue weighted by Gasteiger charge is -2.14. The van der Waals surface area contributed by atoms with Crippen molar-refractivity contribution in [1.82, 2.24) is 29.9 Å². The van der Waals surface area contributed by atoms with E-state index in [9.17, 15) is 13.6 Å². The quantitative estimate of drug-likeness (QED) is 0.271. The SMILES string of the molecule is [C-]#[N+]Cn1cc(-c2cc(-c3cc(C(F)F)ncc3OC)c(C(=O)Nc3nnc(C#CC4CC4)s3)cn2)cn1. The molecule has 0 aliphatic heterocycles. The highest BCUT2D eigenvalue weighted by Gasteiger charge is 2.22. The smallest absolute Gasteiger partial charge is 0.307 e. The number of rotatable bonds is 7. The standard InChI is InChI=1S/C25H18F2N8O2S/c1-28-13-35-12-15(9-31-35)19-7-16(17-8-20(23(26)27)30-11-21(17)37-2)18(10-29-19)24(36)32-25-34-33-22(38-25)6-5-14-3-4-14/h7-12,14,23H,3-4,13H2,2H3,(H,32,34,36). The molecule has 4 aromatic rings. The van der Waals surface area contributed by atoms with Crippen molar-refractivity contribution < 1.29 is 18.3 Å². The fraction of sp³-hybridized carbons (Fsp3) is 0.240. The number of hydrogen-bond donors (Lipinski definition) is 1. The maximum atomic E-state index is 13.5. The van der Waals surface area contributed by atoms with Gasteiger partial charge >= 0.3 is 6.67 Å². The van der Waals surface area contributed by atoms with E-state index in [0.717, 1.165) is 24.2 Å². The summed E-state index contributed by atoms with van der Waals surface area (Å²) >= 11 is 1.13. The summed E-state index contributed by atoms with van der Waals surface area (Å²) in [5.74, 6) is 6.06. The molecule has 38 heavy (non-hydrogen) atoms. The van der Waals surface area contributed by atoms with Crippen LogP contribution in [-0.2, 0) is 6.67 Å². The Bertz CT molecular complexity index is 1610. The first kappa shape index (κ1) is 24.9. The van der Waals surface area contributed by atoms with Crippen LogP contribution in [0.25, 0.3) is 27.2 Å². The average molecular weight is 533 g/mol. The number of alkyl halides is 2. The summed E-state index contributed by atoms with van der Waals surface area (Å²) in [5, 5.41) is 15.5. The number of carbonyl (C=O) groups is 1. The molecule has 0 atom stereocenters. The fourth-order valence-electron chi connectivity index (χ4n) is 3.49. The van der Waals surface area contributed by atoms with Crippen LogP contribution >= 0.6 is 11.3 Å². The number of nitrogens with one attached hydrogen (secondary N) is 1. The largest absolute Gasteiger partial charge is 0.494 e. The third kappa shape index (κ3) is 5.48. The fourth-order valence-corrected chi connectivity index (χ4v) is 4.09. The predicted octanol–water partition coefficient (Wildman–Crippen LogP) is 4.70. The molecular formula is C25H18F2N8O2S. The van der Waals surface area contributed by atoms with Crippen molar-refractivity contribution in [3.05, 3.63) is 64.6 Å². The van der Waals surface area contributed by atoms with Crippen LogP contribution < -0.4 is 10.1 Å². The second kappa shape index (κ2) is 10.7. The number of halogens is 2. The Hall–Kier alpha value is -4.75. The van der Waals surface area contributed by atoms with Gasteiger partial charge in [0.25, 0.3) is 12.3 Å². The number of aromatic nitrogens is 6. The van der Waals surface area contributed by atoms with Crippen molar-refractivity contribution >= 4 is 22.4 Å². The number of anilines is 1. The maximum Gasteiger partial charge on any atom is 0.307 e. The first-order chi connectivity index (χ1) is 18.4. The van der Waals surface area contributed by atoms with Gasteiger partial charge in [-0.25, -0.2) is 20.0 Å². The summed E-state index contributed by atoms with van der Waals surface area (Å²) < 4.78 is 33.9. The Morgan fingerprint density at radius 1 is 1.26 bits per heavy atom. The predicted molar refractivity (Wildman–Crippen MR) is 134 cm³/mol. The van der Waals surface area contributed by atoms with E-state index in [4.69, 9.17) is 11.3 Å². The second-order valence-corrected chi connectivity index (χ2v) is 9.18. The Labute approximate surface area is 219 Å². The van der Waals surface area contributed by atoms with Crippen molar-refractivity contribution in [3.63, 3.8) is 0 Å². The molecule has 1 fully saturated rings. The molecule has 10 nitrogen and oxygen atoms in total. The van der Waals surface area contributed by atoms with E-state index in [-0.39, 0.29) is 34.2 Å². The third-order valence-corrected chi connectivity index (χ3v) is 6.28. The molecule has 1 aliphatic rings. The van der Waals surface area contributed by atoms with E-state index in [2.05, 4.69) is 47.3 Å². The number of nitrogens with zero attached hydrogens (tertiary/aromatic N) is 7. The highest BCUT2D eigenvalue weighted by atomic mass is 32.1. The molecule has 0 radical (unpaired) electrons. The van der Waals surface area contributed by atoms with Gasteiger partial charge in [0.1, 0.15) is 11.4 Å². The van der Waals surface area contributed by atoms with Crippen molar-refractivity contribution in [2.24, 2.45) is 5.92 Å². The van der Waals surface area contributed by atoms with Gasteiger partial charge in [-0.15, -0.1) is 10.2 Å². The van der Waals surface area contributed by atoms with Gasteiger partial charge in [-0.2, -0.15) is 5.10 Å². The molecule has 1 saturated carbocycles. The normalized spacial score (nSPS) is 12.5. The highest BCUT2D eigenvalue weighted by Crippen LogP contribution is 2.36. The number of methoxy groups -OCH3 is 1. The maximum absolute atomic E-state index is 13.5. The van der Waals surface area contributed by atoms with E-state index in [1.807, 2.05) is 0 Å². The van der Waals surface area contributed by atoms with Crippen LogP contribution in [0.4, 0.5) is 13.9 Å². The van der Waals surface area contributed by atoms with Crippen LogP contribution in [0.5, 0.6) is 5.75 Å². The van der Waals surface area contributed by atoms with E-state index in [1.54, 1.807) is 12.3 Å². The van der Waals surface area contributed by atoms with Gasteiger partial charge in [0.05, 0.1) is 30.8 Å². The summed E-state index contributed by atoms with van der Waals surface area (Å²) in [5.41, 5.74) is 1.12. The molecule has 0 unspecified atom stereocenters. The lowest BCUT2D eigenvalue weighted by Crippen LogP contribution is -2.14. The first-order valence-corrected chi connectivity index (χ1v) is 12.1. The van der Waals surface area contributed by atoms with Crippen LogP contribution in [0.2, 0.25) is 0 Å². The van der Waals surface area contributed by atoms with Gasteiger partial charge in [0.2, 0.25) is 5.13 Å². The van der Waals surface area contributed by atoms with Gasteiger partial charge in [-0.05, 0) is 30.9 Å². The van der Waals surface area contributed by atoms with Gasteiger partial charge < -0.3 is 4.74 Å². The molecule has 0 spiro atoms. The number of hydrogen-bond acceptors (Lipinski definition) is 8. The number of ether oxygens (including phenoxy) is 1. The van der Waals surface area contributed by atoms with Crippen LogP contribution in [0.15, 0.2) is 36.9 Å². The van der Waals surface area contributed by atoms with Crippen molar-refractivity contribution in [1.29, 1.82) is 0 Å². The third-order valence-electron chi connectivity index (χ3n) is 5.52. The molecule has 0 bridgehead atoms. The number of amides is 1. The van der Waals surface area contributed by atoms with Gasteiger partial charge in [0.15, 0.2) is 5.01 Å². The molecule has 1 aliphatic carbocycles. The average Bonchev–Trinajstić information content (AvgIpc) is 3.46. The molecule has 0 aromatic carbocycles. The highest BCUT2D eigenvalue weighted by molar-refractivity contribution is 7.15. The minimum absolute atomic E-state index is 0.0259. The van der Waals surface area contributed by atoms with Crippen LogP contribution in [0.3, 0.4) is 0 Å². The zero-order valence-corrected chi connectivity index (χ0v) is 20.7. The Kier molecular flexibility index (Phi) is 7.02. The zero-order valence-electron chi connectivity index (χ0n) is 19.9. The molecule has 1 N–H and O–H groups in total. The first-order valence-electron chi connectivity index (χ1n) is 11.3. The lowest BCUT2D eigenvalue weighted by atomic mass is 9.98. The van der Waals surface area contributed by atoms with Gasteiger partial charge in [-0.1, -0.05) is 17.3 Å². The molecule has 13 heteroatoms. The topological polar surface area (TPSA) is 112 Å². The Morgan fingerprint density at radius 3 is 2.84 bits per heavy atom. The Morgan fingerprint density at radius 2 is 2.11 bits per heavy atom. The summed E-state index contributed by atoms with van der Waals surface area (Å²) in [6.45, 7) is 7.05. The monoisotopic (exact) mass is 532 g/mol. The minimum Gasteiger partial charge on any atom is -0.494 e. The summed E-state index contributed by atoms with van der Waals surface area (Å²) in [6, 6.07) is 2.76. The van der Waals surface area contributed by atoms with E-state index >= 15 is 0 Å². The van der Waals surface area contributed by atoms with Gasteiger partial charge in [0, 0.05) is 35.0 Å². The second-order valence-electron chi connectivity index (χ2n) is 8.20. The molecule has 5 rings (SSSR count). The van der Waals surface area contributed by atoms with E-state index < -0.39 is 18.0 Å². The van der Waals surface area contributed by atoms with Gasteiger partial charge in [-0.3, -0.25) is 24.9 Å². The number of pyridine rings is 2. The number of carbonyl (C=O) groups excluding carboxylic acids is 1.